The van der Waals surface area contributed by atoms with E-state index < -0.39 is 13.8 Å². The van der Waals surface area contributed by atoms with Crippen LogP contribution in [0.2, 0.25) is 0 Å². The molecule has 8 heteroatoms. The molecule has 0 heterocycles. The highest BCUT2D eigenvalue weighted by Crippen LogP contribution is 2.49. The number of carbonyl (C=O) groups excluding carboxylic acids is 2. The molecule has 1 unspecified atom stereocenters. The first-order valence-electron chi connectivity index (χ1n) is 10.6. The molecule has 1 aromatic rings. The van der Waals surface area contributed by atoms with Gasteiger partial charge < -0.3 is 9.26 Å². The Labute approximate surface area is 179 Å². The van der Waals surface area contributed by atoms with Crippen LogP contribution in [0, 0.1) is 17.8 Å². The zero-order chi connectivity index (χ0) is 22.1. The summed E-state index contributed by atoms with van der Waals surface area (Å²) in [5, 5.41) is 0. The van der Waals surface area contributed by atoms with Crippen molar-refractivity contribution >= 4 is 19.6 Å². The van der Waals surface area contributed by atoms with Crippen LogP contribution in [0.25, 0.3) is 0 Å². The molecule has 0 aliphatic heterocycles. The third kappa shape index (κ3) is 6.93. The van der Waals surface area contributed by atoms with Gasteiger partial charge in [-0.3, -0.25) is 18.6 Å². The summed E-state index contributed by atoms with van der Waals surface area (Å²) in [6.45, 7) is 5.57. The van der Waals surface area contributed by atoms with E-state index in [2.05, 4.69) is 6.92 Å². The number of phosphoric acid groups is 1. The van der Waals surface area contributed by atoms with E-state index >= 15 is 0 Å². The Balaban J connectivity index is 2.06. The predicted molar refractivity (Wildman–Crippen MR) is 113 cm³/mol. The molecule has 0 radical (unpaired) electrons. The lowest BCUT2D eigenvalue weighted by molar-refractivity contribution is -0.137. The van der Waals surface area contributed by atoms with Crippen molar-refractivity contribution < 1.29 is 32.5 Å². The second-order valence-corrected chi connectivity index (χ2v) is 9.27. The molecule has 0 saturated heterocycles. The highest BCUT2D eigenvalue weighted by molar-refractivity contribution is 7.49. The summed E-state index contributed by atoms with van der Waals surface area (Å²) in [6.07, 6.45) is 2.45. The van der Waals surface area contributed by atoms with Crippen LogP contribution in [0.5, 0.6) is 5.75 Å². The number of methoxy groups -OCH3 is 1. The van der Waals surface area contributed by atoms with Gasteiger partial charge in [-0.15, -0.1) is 0 Å². The van der Waals surface area contributed by atoms with E-state index in [9.17, 15) is 14.2 Å². The molecule has 7 nitrogen and oxygen atoms in total. The number of rotatable bonds is 11. The smallest absolute Gasteiger partial charge is 0.496 e. The molecule has 0 spiro atoms. The Morgan fingerprint density at radius 2 is 1.83 bits per heavy atom. The van der Waals surface area contributed by atoms with Gasteiger partial charge >= 0.3 is 13.8 Å². The number of phosphoric ester groups is 1. The average Bonchev–Trinajstić information content (AvgIpc) is 2.67. The van der Waals surface area contributed by atoms with E-state index in [0.29, 0.717) is 25.2 Å². The van der Waals surface area contributed by atoms with Gasteiger partial charge in [-0.25, -0.2) is 4.57 Å². The number of Topliss-reactive ketones (excluding diaryl/α,β-unsaturated/α-hetero) is 1. The van der Waals surface area contributed by atoms with Gasteiger partial charge in [0.25, 0.3) is 0 Å². The molecule has 3 atom stereocenters. The largest absolute Gasteiger partial charge is 0.532 e. The molecule has 1 aliphatic carbocycles. The van der Waals surface area contributed by atoms with Crippen molar-refractivity contribution in [1.82, 2.24) is 0 Å². The van der Waals surface area contributed by atoms with Crippen LogP contribution in [-0.2, 0) is 34.1 Å². The molecule has 1 saturated carbocycles. The second-order valence-electron chi connectivity index (χ2n) is 7.68. The zero-order valence-electron chi connectivity index (χ0n) is 18.3. The lowest BCUT2D eigenvalue weighted by Crippen LogP contribution is -2.34. The SMILES string of the molecule is CCOP(=O)(OCC)OC(=O)CCC1C(=O)C[C@H](C)C[C@H]1Cc1ccccc1OC. The monoisotopic (exact) mass is 440 g/mol. The Bertz CT molecular complexity index is 754. The van der Waals surface area contributed by atoms with Crippen LogP contribution in [0.15, 0.2) is 24.3 Å². The minimum Gasteiger partial charge on any atom is -0.496 e. The predicted octanol–water partition coefficient (Wildman–Crippen LogP) is 4.97. The molecule has 30 heavy (non-hydrogen) atoms. The van der Waals surface area contributed by atoms with Crippen molar-refractivity contribution in [3.8, 4) is 5.75 Å². The van der Waals surface area contributed by atoms with Crippen molar-refractivity contribution in [2.24, 2.45) is 17.8 Å². The van der Waals surface area contributed by atoms with E-state index in [4.69, 9.17) is 18.3 Å². The Morgan fingerprint density at radius 3 is 2.47 bits per heavy atom. The number of ketones is 1. The van der Waals surface area contributed by atoms with Crippen LogP contribution in [0.3, 0.4) is 0 Å². The maximum absolute atomic E-state index is 12.8. The minimum absolute atomic E-state index is 0.0165. The second kappa shape index (κ2) is 11.6. The summed E-state index contributed by atoms with van der Waals surface area (Å²) < 4.78 is 32.8. The van der Waals surface area contributed by atoms with Gasteiger partial charge in [-0.2, -0.15) is 0 Å². The maximum atomic E-state index is 12.8. The third-order valence-electron chi connectivity index (χ3n) is 5.36. The summed E-state index contributed by atoms with van der Waals surface area (Å²) in [7, 11) is -2.27. The molecular formula is C22H33O7P. The first kappa shape index (κ1) is 24.6. The summed E-state index contributed by atoms with van der Waals surface area (Å²) >= 11 is 0. The number of benzene rings is 1. The van der Waals surface area contributed by atoms with Crippen LogP contribution in [0.1, 0.15) is 52.0 Å². The van der Waals surface area contributed by atoms with Gasteiger partial charge in [0, 0.05) is 18.8 Å². The standard InChI is InChI=1S/C22H33O7P/c1-5-27-30(25,28-6-2)29-22(24)12-11-19-18(13-16(3)14-20(19)23)15-17-9-7-8-10-21(17)26-4/h7-10,16,18-19H,5-6,11-15H2,1-4H3/t16-,18+,19?/m1/s1. The van der Waals surface area contributed by atoms with Gasteiger partial charge in [0.1, 0.15) is 11.5 Å². The topological polar surface area (TPSA) is 88.1 Å². The molecule has 2 rings (SSSR count). The number of para-hydroxylation sites is 1. The van der Waals surface area contributed by atoms with Gasteiger partial charge in [-0.05, 0) is 56.6 Å². The normalized spacial score (nSPS) is 22.0. The van der Waals surface area contributed by atoms with E-state index in [-0.39, 0.29) is 37.3 Å². The van der Waals surface area contributed by atoms with Crippen molar-refractivity contribution in [3.63, 3.8) is 0 Å². The highest BCUT2D eigenvalue weighted by Gasteiger charge is 2.37. The van der Waals surface area contributed by atoms with Gasteiger partial charge in [-0.1, -0.05) is 25.1 Å². The Kier molecular flexibility index (Phi) is 9.53. The molecule has 1 aromatic carbocycles. The first-order chi connectivity index (χ1) is 14.3. The molecular weight excluding hydrogens is 407 g/mol. The minimum atomic E-state index is -3.90. The summed E-state index contributed by atoms with van der Waals surface area (Å²) in [4.78, 5) is 25.1. The van der Waals surface area contributed by atoms with Crippen molar-refractivity contribution in [3.05, 3.63) is 29.8 Å². The number of hydrogen-bond acceptors (Lipinski definition) is 7. The maximum Gasteiger partial charge on any atom is 0.532 e. The lowest BCUT2D eigenvalue weighted by atomic mass is 9.70. The number of carbonyl (C=O) groups is 2. The number of ether oxygens (including phenoxy) is 1. The molecule has 0 aromatic heterocycles. The average molecular weight is 440 g/mol. The third-order valence-corrected chi connectivity index (χ3v) is 6.94. The summed E-state index contributed by atoms with van der Waals surface area (Å²) in [6, 6.07) is 7.79. The van der Waals surface area contributed by atoms with Crippen LogP contribution < -0.4 is 4.74 Å². The van der Waals surface area contributed by atoms with Crippen molar-refractivity contribution in [2.75, 3.05) is 20.3 Å². The van der Waals surface area contributed by atoms with E-state index in [1.807, 2.05) is 24.3 Å². The Morgan fingerprint density at radius 1 is 1.17 bits per heavy atom. The fourth-order valence-corrected chi connectivity index (χ4v) is 5.30. The van der Waals surface area contributed by atoms with Crippen molar-refractivity contribution in [2.45, 2.75) is 52.9 Å². The van der Waals surface area contributed by atoms with Gasteiger partial charge in [0.05, 0.1) is 20.3 Å². The summed E-state index contributed by atoms with van der Waals surface area (Å²) in [5.74, 6) is 0.447. The summed E-state index contributed by atoms with van der Waals surface area (Å²) in [5.41, 5.74) is 1.05. The molecule has 0 N–H and O–H groups in total. The van der Waals surface area contributed by atoms with E-state index in [1.54, 1.807) is 21.0 Å². The quantitative estimate of drug-likeness (QED) is 0.449. The lowest BCUT2D eigenvalue weighted by Gasteiger charge is -2.34. The van der Waals surface area contributed by atoms with Gasteiger partial charge in [0.2, 0.25) is 0 Å². The first-order valence-corrected chi connectivity index (χ1v) is 12.0. The molecule has 168 valence electrons. The van der Waals surface area contributed by atoms with E-state index in [1.165, 1.54) is 0 Å². The molecule has 1 aliphatic rings. The van der Waals surface area contributed by atoms with Crippen LogP contribution in [-0.4, -0.2) is 32.1 Å². The van der Waals surface area contributed by atoms with Crippen molar-refractivity contribution in [1.29, 1.82) is 0 Å². The van der Waals surface area contributed by atoms with Crippen LogP contribution >= 0.6 is 7.82 Å². The zero-order valence-corrected chi connectivity index (χ0v) is 19.2. The fraction of sp³-hybridized carbons (Fsp3) is 0.636. The van der Waals surface area contributed by atoms with Crippen LogP contribution in [0.4, 0.5) is 0 Å². The highest BCUT2D eigenvalue weighted by atomic mass is 31.2. The molecule has 0 amide bonds. The molecule has 0 bridgehead atoms. The fourth-order valence-electron chi connectivity index (χ4n) is 4.15. The molecule has 1 fully saturated rings. The number of hydrogen-bond donors (Lipinski definition) is 0. The Hall–Kier alpha value is -1.69. The van der Waals surface area contributed by atoms with Gasteiger partial charge in [0.15, 0.2) is 0 Å². The van der Waals surface area contributed by atoms with E-state index in [0.717, 1.165) is 17.7 Å².